The van der Waals surface area contributed by atoms with Gasteiger partial charge in [-0.2, -0.15) is 4.98 Å². The summed E-state index contributed by atoms with van der Waals surface area (Å²) in [6.45, 7) is 3.26. The van der Waals surface area contributed by atoms with Crippen molar-refractivity contribution in [3.8, 4) is 17.1 Å². The highest BCUT2D eigenvalue weighted by molar-refractivity contribution is 6.33. The second kappa shape index (κ2) is 7.19. The van der Waals surface area contributed by atoms with Gasteiger partial charge in [-0.3, -0.25) is 0 Å². The maximum absolute atomic E-state index is 6.09. The fourth-order valence-corrected chi connectivity index (χ4v) is 2.98. The molecule has 1 aliphatic rings. The summed E-state index contributed by atoms with van der Waals surface area (Å²) < 4.78 is 10.7. The molecule has 3 rings (SSSR count). The number of piperidine rings is 1. The first kappa shape index (κ1) is 16.1. The average molecular weight is 337 g/mol. The second-order valence-corrected chi connectivity index (χ2v) is 6.15. The lowest BCUT2D eigenvalue weighted by atomic mass is 10.1. The maximum atomic E-state index is 6.09. The van der Waals surface area contributed by atoms with E-state index in [0.29, 0.717) is 33.7 Å². The zero-order valence-electron chi connectivity index (χ0n) is 13.2. The zero-order chi connectivity index (χ0) is 16.2. The van der Waals surface area contributed by atoms with Crippen molar-refractivity contribution >= 4 is 17.3 Å². The minimum absolute atomic E-state index is 0.445. The fourth-order valence-electron chi connectivity index (χ4n) is 2.82. The van der Waals surface area contributed by atoms with Gasteiger partial charge in [0.1, 0.15) is 5.75 Å². The molecular weight excluding hydrogens is 316 g/mol. The lowest BCUT2D eigenvalue weighted by Gasteiger charge is -2.25. The molecule has 1 aromatic carbocycles. The van der Waals surface area contributed by atoms with E-state index in [9.17, 15) is 0 Å². The number of aromatic nitrogens is 2. The molecule has 0 spiro atoms. The van der Waals surface area contributed by atoms with Crippen LogP contribution in [0.3, 0.4) is 0 Å². The highest BCUT2D eigenvalue weighted by atomic mass is 35.5. The van der Waals surface area contributed by atoms with Crippen molar-refractivity contribution in [1.29, 1.82) is 0 Å². The first-order chi connectivity index (χ1) is 11.2. The molecule has 6 nitrogen and oxygen atoms in total. The van der Waals surface area contributed by atoms with E-state index in [4.69, 9.17) is 26.6 Å². The standard InChI is InChI=1S/C16H21ClN4O2/c1-22-14-10-13(18)12(17)9-11(14)16-19-15(23-20-16)5-8-21-6-3-2-4-7-21/h9-10H,2-8,18H2,1H3. The minimum Gasteiger partial charge on any atom is -0.496 e. The summed E-state index contributed by atoms with van der Waals surface area (Å²) >= 11 is 6.09. The summed E-state index contributed by atoms with van der Waals surface area (Å²) in [5, 5.41) is 4.49. The SMILES string of the molecule is COc1cc(N)c(Cl)cc1-c1noc(CCN2CCCCC2)n1. The monoisotopic (exact) mass is 336 g/mol. The Morgan fingerprint density at radius 1 is 1.30 bits per heavy atom. The third-order valence-electron chi connectivity index (χ3n) is 4.12. The Morgan fingerprint density at radius 3 is 2.83 bits per heavy atom. The van der Waals surface area contributed by atoms with Gasteiger partial charge in [0.05, 0.1) is 23.4 Å². The van der Waals surface area contributed by atoms with Crippen LogP contribution < -0.4 is 10.5 Å². The summed E-state index contributed by atoms with van der Waals surface area (Å²) in [5.41, 5.74) is 6.94. The van der Waals surface area contributed by atoms with Crippen LogP contribution in [0.1, 0.15) is 25.2 Å². The summed E-state index contributed by atoms with van der Waals surface area (Å²) in [7, 11) is 1.57. The lowest BCUT2D eigenvalue weighted by molar-refractivity contribution is 0.223. The normalized spacial score (nSPS) is 15.7. The van der Waals surface area contributed by atoms with Crippen molar-refractivity contribution in [2.45, 2.75) is 25.7 Å². The Labute approximate surface area is 140 Å². The van der Waals surface area contributed by atoms with Crippen molar-refractivity contribution < 1.29 is 9.26 Å². The molecule has 1 fully saturated rings. The van der Waals surface area contributed by atoms with Gasteiger partial charge in [-0.05, 0) is 32.0 Å². The molecule has 2 aromatic rings. The van der Waals surface area contributed by atoms with Gasteiger partial charge < -0.3 is 19.9 Å². The predicted molar refractivity (Wildman–Crippen MR) is 89.7 cm³/mol. The van der Waals surface area contributed by atoms with Crippen LogP contribution in [0, 0.1) is 0 Å². The molecule has 23 heavy (non-hydrogen) atoms. The molecule has 0 radical (unpaired) electrons. The number of rotatable bonds is 5. The van der Waals surface area contributed by atoms with E-state index in [1.54, 1.807) is 19.2 Å². The molecule has 0 amide bonds. The van der Waals surface area contributed by atoms with Gasteiger partial charge >= 0.3 is 0 Å². The first-order valence-electron chi connectivity index (χ1n) is 7.85. The zero-order valence-corrected chi connectivity index (χ0v) is 14.0. The van der Waals surface area contributed by atoms with Crippen LogP contribution in [-0.2, 0) is 6.42 Å². The van der Waals surface area contributed by atoms with Crippen LogP contribution in [0.5, 0.6) is 5.75 Å². The largest absolute Gasteiger partial charge is 0.496 e. The summed E-state index contributed by atoms with van der Waals surface area (Å²) in [6.07, 6.45) is 4.63. The van der Waals surface area contributed by atoms with Crippen LogP contribution >= 0.6 is 11.6 Å². The molecule has 1 saturated heterocycles. The molecule has 1 aromatic heterocycles. The number of likely N-dealkylation sites (tertiary alicyclic amines) is 1. The maximum Gasteiger partial charge on any atom is 0.228 e. The van der Waals surface area contributed by atoms with E-state index in [1.165, 1.54) is 19.3 Å². The smallest absolute Gasteiger partial charge is 0.228 e. The van der Waals surface area contributed by atoms with Crippen molar-refractivity contribution in [1.82, 2.24) is 15.0 Å². The van der Waals surface area contributed by atoms with Crippen LogP contribution in [0.15, 0.2) is 16.7 Å². The van der Waals surface area contributed by atoms with Crippen molar-refractivity contribution in [3.63, 3.8) is 0 Å². The number of nitrogen functional groups attached to an aromatic ring is 1. The van der Waals surface area contributed by atoms with Crippen LogP contribution in [0.25, 0.3) is 11.4 Å². The van der Waals surface area contributed by atoms with E-state index in [2.05, 4.69) is 15.0 Å². The summed E-state index contributed by atoms with van der Waals surface area (Å²) in [4.78, 5) is 6.90. The molecule has 0 unspecified atom stereocenters. The minimum atomic E-state index is 0.445. The van der Waals surface area contributed by atoms with E-state index in [0.717, 1.165) is 26.1 Å². The molecule has 7 heteroatoms. The van der Waals surface area contributed by atoms with Gasteiger partial charge in [0, 0.05) is 19.0 Å². The number of nitrogens with two attached hydrogens (primary N) is 1. The van der Waals surface area contributed by atoms with Crippen LogP contribution in [0.4, 0.5) is 5.69 Å². The molecule has 2 N–H and O–H groups in total. The molecule has 0 atom stereocenters. The van der Waals surface area contributed by atoms with Crippen LogP contribution in [-0.4, -0.2) is 41.8 Å². The Hall–Kier alpha value is -1.79. The van der Waals surface area contributed by atoms with Gasteiger partial charge in [0.2, 0.25) is 11.7 Å². The quantitative estimate of drug-likeness (QED) is 0.846. The van der Waals surface area contributed by atoms with Gasteiger partial charge in [-0.25, -0.2) is 0 Å². The van der Waals surface area contributed by atoms with Gasteiger partial charge in [0.25, 0.3) is 0 Å². The number of ether oxygens (including phenoxy) is 1. The van der Waals surface area contributed by atoms with Gasteiger partial charge in [-0.15, -0.1) is 0 Å². The molecule has 0 saturated carbocycles. The Balaban J connectivity index is 1.72. The summed E-state index contributed by atoms with van der Waals surface area (Å²) in [5.74, 6) is 1.67. The average Bonchev–Trinajstić information content (AvgIpc) is 3.05. The molecule has 0 bridgehead atoms. The number of hydrogen-bond donors (Lipinski definition) is 1. The van der Waals surface area contributed by atoms with E-state index < -0.39 is 0 Å². The predicted octanol–water partition coefficient (Wildman–Crippen LogP) is 3.01. The van der Waals surface area contributed by atoms with E-state index >= 15 is 0 Å². The van der Waals surface area contributed by atoms with E-state index in [1.807, 2.05) is 0 Å². The van der Waals surface area contributed by atoms with Crippen molar-refractivity contribution in [2.75, 3.05) is 32.5 Å². The van der Waals surface area contributed by atoms with Crippen molar-refractivity contribution in [2.24, 2.45) is 0 Å². The fraction of sp³-hybridized carbons (Fsp3) is 0.500. The summed E-state index contributed by atoms with van der Waals surface area (Å²) in [6, 6.07) is 3.37. The van der Waals surface area contributed by atoms with Crippen molar-refractivity contribution in [3.05, 3.63) is 23.0 Å². The number of halogens is 1. The first-order valence-corrected chi connectivity index (χ1v) is 8.23. The van der Waals surface area contributed by atoms with E-state index in [-0.39, 0.29) is 0 Å². The van der Waals surface area contributed by atoms with Crippen LogP contribution in [0.2, 0.25) is 5.02 Å². The molecule has 2 heterocycles. The second-order valence-electron chi connectivity index (χ2n) is 5.74. The molecule has 0 aliphatic carbocycles. The van der Waals surface area contributed by atoms with Gasteiger partial charge in [0.15, 0.2) is 0 Å². The number of hydrogen-bond acceptors (Lipinski definition) is 6. The highest BCUT2D eigenvalue weighted by Crippen LogP contribution is 2.34. The molecular formula is C16H21ClN4O2. The topological polar surface area (TPSA) is 77.4 Å². The number of benzene rings is 1. The molecule has 124 valence electrons. The Kier molecular flexibility index (Phi) is 5.03. The Bertz CT molecular complexity index is 668. The highest BCUT2D eigenvalue weighted by Gasteiger charge is 2.17. The lowest BCUT2D eigenvalue weighted by Crippen LogP contribution is -2.31. The third kappa shape index (κ3) is 3.76. The molecule has 1 aliphatic heterocycles. The number of methoxy groups -OCH3 is 1. The number of anilines is 1. The third-order valence-corrected chi connectivity index (χ3v) is 4.45. The Morgan fingerprint density at radius 2 is 2.09 bits per heavy atom. The van der Waals surface area contributed by atoms with Gasteiger partial charge in [-0.1, -0.05) is 23.2 Å². The number of nitrogens with zero attached hydrogens (tertiary/aromatic N) is 3.